The molecule has 0 aliphatic carbocycles. The molecule has 0 fully saturated rings. The molecule has 120 valence electrons. The fourth-order valence-electron chi connectivity index (χ4n) is 2.61. The van der Waals surface area contributed by atoms with Crippen LogP contribution in [0.4, 0.5) is 0 Å². The van der Waals surface area contributed by atoms with Crippen LogP contribution in [-0.2, 0) is 0 Å². The van der Waals surface area contributed by atoms with Gasteiger partial charge in [0, 0.05) is 21.8 Å². The molecular weight excluding hydrogens is 337 g/mol. The lowest BCUT2D eigenvalue weighted by Gasteiger charge is -2.11. The summed E-state index contributed by atoms with van der Waals surface area (Å²) >= 11 is 12.5. The molecule has 0 spiro atoms. The van der Waals surface area contributed by atoms with Crippen molar-refractivity contribution in [3.8, 4) is 11.1 Å². The second-order valence-corrected chi connectivity index (χ2v) is 6.40. The first-order valence-electron chi connectivity index (χ1n) is 7.78. The van der Waals surface area contributed by atoms with Crippen LogP contribution < -0.4 is 0 Å². The topological polar surface area (TPSA) is 12.4 Å². The normalized spacial score (nSPS) is 12.5. The Bertz CT molecular complexity index is 836. The molecule has 0 bridgehead atoms. The lowest BCUT2D eigenvalue weighted by Crippen LogP contribution is -1.94. The molecule has 0 amide bonds. The van der Waals surface area contributed by atoms with Gasteiger partial charge in [-0.1, -0.05) is 77.8 Å². The quantitative estimate of drug-likeness (QED) is 0.455. The molecular formula is C21H17Cl2N. The Labute approximate surface area is 152 Å². The molecule has 0 saturated heterocycles. The number of aliphatic imine (C=N–C) groups is 1. The summed E-state index contributed by atoms with van der Waals surface area (Å²) in [6.07, 6.45) is 1.87. The van der Waals surface area contributed by atoms with E-state index in [0.717, 1.165) is 11.1 Å². The van der Waals surface area contributed by atoms with Crippen LogP contribution in [0, 0.1) is 0 Å². The molecule has 0 aliphatic rings. The minimum absolute atomic E-state index is 0.105. The van der Waals surface area contributed by atoms with Gasteiger partial charge in [0.1, 0.15) is 0 Å². The highest BCUT2D eigenvalue weighted by Crippen LogP contribution is 2.32. The van der Waals surface area contributed by atoms with Gasteiger partial charge in [-0.15, -0.1) is 0 Å². The van der Waals surface area contributed by atoms with Gasteiger partial charge in [-0.25, -0.2) is 0 Å². The van der Waals surface area contributed by atoms with Crippen LogP contribution in [0.3, 0.4) is 0 Å². The van der Waals surface area contributed by atoms with E-state index in [1.54, 1.807) is 0 Å². The average molecular weight is 354 g/mol. The maximum Gasteiger partial charge on any atom is 0.0750 e. The summed E-state index contributed by atoms with van der Waals surface area (Å²) < 4.78 is 0. The highest BCUT2D eigenvalue weighted by molar-refractivity contribution is 6.36. The minimum Gasteiger partial charge on any atom is -0.285 e. The van der Waals surface area contributed by atoms with Gasteiger partial charge in [-0.05, 0) is 41.8 Å². The lowest BCUT2D eigenvalue weighted by molar-refractivity contribution is 0.826. The maximum atomic E-state index is 6.25. The molecule has 0 saturated carbocycles. The van der Waals surface area contributed by atoms with Crippen molar-refractivity contribution in [2.24, 2.45) is 4.99 Å². The third-order valence-electron chi connectivity index (χ3n) is 3.86. The van der Waals surface area contributed by atoms with Crippen molar-refractivity contribution in [1.29, 1.82) is 0 Å². The summed E-state index contributed by atoms with van der Waals surface area (Å²) in [5.41, 5.74) is 4.26. The number of hydrogen-bond donors (Lipinski definition) is 0. The summed E-state index contributed by atoms with van der Waals surface area (Å²) in [4.78, 5) is 4.63. The van der Waals surface area contributed by atoms with Crippen LogP contribution in [-0.4, -0.2) is 6.21 Å². The zero-order chi connectivity index (χ0) is 16.9. The third-order valence-corrected chi connectivity index (χ3v) is 4.52. The van der Waals surface area contributed by atoms with Crippen LogP contribution in [0.5, 0.6) is 0 Å². The Morgan fingerprint density at radius 1 is 0.792 bits per heavy atom. The van der Waals surface area contributed by atoms with Gasteiger partial charge in [-0.2, -0.15) is 0 Å². The van der Waals surface area contributed by atoms with Crippen LogP contribution in [0.2, 0.25) is 10.0 Å². The molecule has 1 nitrogen and oxygen atoms in total. The van der Waals surface area contributed by atoms with Crippen molar-refractivity contribution >= 4 is 29.4 Å². The molecule has 24 heavy (non-hydrogen) atoms. The van der Waals surface area contributed by atoms with E-state index in [9.17, 15) is 0 Å². The Kier molecular flexibility index (Phi) is 5.34. The van der Waals surface area contributed by atoms with Crippen molar-refractivity contribution < 1.29 is 0 Å². The van der Waals surface area contributed by atoms with Gasteiger partial charge in [0.15, 0.2) is 0 Å². The molecule has 0 aliphatic heterocycles. The minimum atomic E-state index is -0.105. The fraction of sp³-hybridized carbons (Fsp3) is 0.0952. The molecule has 3 rings (SSSR count). The molecule has 1 atom stereocenters. The molecule has 3 aromatic carbocycles. The van der Waals surface area contributed by atoms with Crippen LogP contribution in [0.25, 0.3) is 11.1 Å². The van der Waals surface area contributed by atoms with Crippen LogP contribution in [0.1, 0.15) is 24.1 Å². The predicted molar refractivity (Wildman–Crippen MR) is 104 cm³/mol. The number of benzene rings is 3. The predicted octanol–water partition coefficient (Wildman–Crippen LogP) is 6.84. The molecule has 3 aromatic rings. The zero-order valence-corrected chi connectivity index (χ0v) is 14.8. The first-order chi connectivity index (χ1) is 11.6. The molecule has 0 N–H and O–H groups in total. The molecule has 1 unspecified atom stereocenters. The number of halogens is 2. The van der Waals surface area contributed by atoms with Gasteiger partial charge >= 0.3 is 0 Å². The van der Waals surface area contributed by atoms with Crippen LogP contribution >= 0.6 is 23.2 Å². The van der Waals surface area contributed by atoms with Crippen molar-refractivity contribution in [3.05, 3.63) is 94.0 Å². The number of rotatable bonds is 4. The Balaban J connectivity index is 1.85. The van der Waals surface area contributed by atoms with E-state index in [1.807, 2.05) is 61.7 Å². The standard InChI is InChI=1S/C21H17Cl2N/c1-15(21-19(22)11-6-12-20(21)23)24-14-16-7-5-10-18(13-16)17-8-3-2-4-9-17/h2-15H,1H3/b24-14+. The summed E-state index contributed by atoms with van der Waals surface area (Å²) in [6.45, 7) is 1.99. The molecule has 0 heterocycles. The smallest absolute Gasteiger partial charge is 0.0750 e. The van der Waals surface area contributed by atoms with Crippen molar-refractivity contribution in [3.63, 3.8) is 0 Å². The van der Waals surface area contributed by atoms with Crippen molar-refractivity contribution in [2.45, 2.75) is 13.0 Å². The Hall–Kier alpha value is -2.09. The van der Waals surface area contributed by atoms with Gasteiger partial charge in [-0.3, -0.25) is 4.99 Å². The van der Waals surface area contributed by atoms with Gasteiger partial charge in [0.05, 0.1) is 6.04 Å². The first kappa shape index (κ1) is 16.8. The van der Waals surface area contributed by atoms with E-state index in [1.165, 1.54) is 11.1 Å². The van der Waals surface area contributed by atoms with Crippen molar-refractivity contribution in [2.75, 3.05) is 0 Å². The van der Waals surface area contributed by atoms with E-state index in [4.69, 9.17) is 23.2 Å². The van der Waals surface area contributed by atoms with Gasteiger partial charge < -0.3 is 0 Å². The molecule has 0 radical (unpaired) electrons. The first-order valence-corrected chi connectivity index (χ1v) is 8.53. The molecule has 0 aromatic heterocycles. The lowest BCUT2D eigenvalue weighted by atomic mass is 10.0. The summed E-state index contributed by atoms with van der Waals surface area (Å²) in [6, 6.07) is 24.0. The second kappa shape index (κ2) is 7.65. The zero-order valence-electron chi connectivity index (χ0n) is 13.3. The van der Waals surface area contributed by atoms with Gasteiger partial charge in [0.25, 0.3) is 0 Å². The summed E-state index contributed by atoms with van der Waals surface area (Å²) in [7, 11) is 0. The SMILES string of the molecule is CC(/N=C/c1cccc(-c2ccccc2)c1)c1c(Cl)cccc1Cl. The number of nitrogens with zero attached hydrogens (tertiary/aromatic N) is 1. The fourth-order valence-corrected chi connectivity index (χ4v) is 3.32. The monoisotopic (exact) mass is 353 g/mol. The Morgan fingerprint density at radius 3 is 2.12 bits per heavy atom. The largest absolute Gasteiger partial charge is 0.285 e. The van der Waals surface area contributed by atoms with E-state index in [0.29, 0.717) is 10.0 Å². The molecule has 3 heteroatoms. The summed E-state index contributed by atoms with van der Waals surface area (Å²) in [5.74, 6) is 0. The van der Waals surface area contributed by atoms with E-state index in [-0.39, 0.29) is 6.04 Å². The summed E-state index contributed by atoms with van der Waals surface area (Å²) in [5, 5.41) is 1.29. The highest BCUT2D eigenvalue weighted by atomic mass is 35.5. The van der Waals surface area contributed by atoms with E-state index in [2.05, 4.69) is 29.3 Å². The number of hydrogen-bond acceptors (Lipinski definition) is 1. The average Bonchev–Trinajstić information content (AvgIpc) is 2.61. The van der Waals surface area contributed by atoms with E-state index >= 15 is 0 Å². The highest BCUT2D eigenvalue weighted by Gasteiger charge is 2.11. The van der Waals surface area contributed by atoms with E-state index < -0.39 is 0 Å². The van der Waals surface area contributed by atoms with Crippen molar-refractivity contribution in [1.82, 2.24) is 0 Å². The third kappa shape index (κ3) is 3.87. The second-order valence-electron chi connectivity index (χ2n) is 5.58. The maximum absolute atomic E-state index is 6.25. The van der Waals surface area contributed by atoms with Crippen LogP contribution in [0.15, 0.2) is 77.8 Å². The van der Waals surface area contributed by atoms with Gasteiger partial charge in [0.2, 0.25) is 0 Å². The Morgan fingerprint density at radius 2 is 1.42 bits per heavy atom.